The van der Waals surface area contributed by atoms with E-state index in [1.807, 2.05) is 30.0 Å². The van der Waals surface area contributed by atoms with Crippen molar-refractivity contribution in [2.24, 2.45) is 0 Å². The highest BCUT2D eigenvalue weighted by molar-refractivity contribution is 7.16. The Balaban J connectivity index is 1.72. The van der Waals surface area contributed by atoms with Gasteiger partial charge in [-0.1, -0.05) is 0 Å². The van der Waals surface area contributed by atoms with Gasteiger partial charge in [0.05, 0.1) is 21.5 Å². The SMILES string of the molecule is Cc1csc2nc(/C=C/c3scnc3C3CC3)[nH]c(=O)c12. The number of aromatic nitrogens is 3. The smallest absolute Gasteiger partial charge is 0.260 e. The molecule has 3 heterocycles. The third-order valence-corrected chi connectivity index (χ3v) is 5.43. The van der Waals surface area contributed by atoms with Gasteiger partial charge < -0.3 is 4.98 Å². The second-order valence-electron chi connectivity index (χ2n) is 5.26. The molecular weight excluding hydrogens is 302 g/mol. The van der Waals surface area contributed by atoms with Crippen LogP contribution in [-0.2, 0) is 0 Å². The van der Waals surface area contributed by atoms with Gasteiger partial charge in [0.15, 0.2) is 0 Å². The molecule has 0 aliphatic heterocycles. The van der Waals surface area contributed by atoms with Crippen LogP contribution in [-0.4, -0.2) is 15.0 Å². The molecule has 3 aromatic heterocycles. The van der Waals surface area contributed by atoms with Crippen molar-refractivity contribution in [3.05, 3.63) is 43.2 Å². The molecule has 4 nitrogen and oxygen atoms in total. The fourth-order valence-electron chi connectivity index (χ4n) is 2.39. The molecule has 1 saturated carbocycles. The molecule has 106 valence electrons. The zero-order chi connectivity index (χ0) is 14.4. The molecular formula is C15H13N3OS2. The minimum atomic E-state index is -0.0647. The summed E-state index contributed by atoms with van der Waals surface area (Å²) in [6.45, 7) is 1.94. The lowest BCUT2D eigenvalue weighted by Gasteiger charge is -1.96. The number of hydrogen-bond donors (Lipinski definition) is 1. The summed E-state index contributed by atoms with van der Waals surface area (Å²) >= 11 is 3.14. The van der Waals surface area contributed by atoms with Crippen molar-refractivity contribution >= 4 is 45.0 Å². The molecule has 1 aliphatic rings. The van der Waals surface area contributed by atoms with Crippen molar-refractivity contribution < 1.29 is 0 Å². The van der Waals surface area contributed by atoms with Crippen LogP contribution in [0.2, 0.25) is 0 Å². The first kappa shape index (κ1) is 12.9. The van der Waals surface area contributed by atoms with E-state index >= 15 is 0 Å². The minimum Gasteiger partial charge on any atom is -0.306 e. The van der Waals surface area contributed by atoms with Crippen molar-refractivity contribution in [3.63, 3.8) is 0 Å². The van der Waals surface area contributed by atoms with Gasteiger partial charge in [-0.05, 0) is 42.9 Å². The second kappa shape index (κ2) is 4.89. The Morgan fingerprint density at radius 1 is 1.33 bits per heavy atom. The highest BCUT2D eigenvalue weighted by Crippen LogP contribution is 2.42. The first-order valence-electron chi connectivity index (χ1n) is 6.82. The third kappa shape index (κ3) is 2.34. The van der Waals surface area contributed by atoms with Gasteiger partial charge in [0, 0.05) is 5.92 Å². The van der Waals surface area contributed by atoms with E-state index in [0.717, 1.165) is 10.4 Å². The summed E-state index contributed by atoms with van der Waals surface area (Å²) in [6, 6.07) is 0. The molecule has 0 atom stereocenters. The quantitative estimate of drug-likeness (QED) is 0.800. The normalized spacial score (nSPS) is 15.3. The van der Waals surface area contributed by atoms with Crippen LogP contribution in [0.3, 0.4) is 0 Å². The lowest BCUT2D eigenvalue weighted by atomic mass is 10.2. The molecule has 6 heteroatoms. The van der Waals surface area contributed by atoms with Crippen LogP contribution in [0.1, 0.15) is 40.7 Å². The Labute approximate surface area is 129 Å². The number of fused-ring (bicyclic) bond motifs is 1. The van der Waals surface area contributed by atoms with Gasteiger partial charge in [-0.2, -0.15) is 0 Å². The maximum Gasteiger partial charge on any atom is 0.260 e. The fraction of sp³-hybridized carbons (Fsp3) is 0.267. The van der Waals surface area contributed by atoms with Gasteiger partial charge in [0.1, 0.15) is 10.7 Å². The number of hydrogen-bond acceptors (Lipinski definition) is 5. The lowest BCUT2D eigenvalue weighted by molar-refractivity contribution is 1.05. The number of thiazole rings is 1. The second-order valence-corrected chi connectivity index (χ2v) is 7.00. The summed E-state index contributed by atoms with van der Waals surface area (Å²) in [7, 11) is 0. The standard InChI is InChI=1S/C15H13N3OS2/c1-8-6-20-15-12(8)14(19)17-11(18-15)5-4-10-13(9-2-3-9)16-7-21-10/h4-7,9H,2-3H2,1H3,(H,17,18,19)/b5-4+. The van der Waals surface area contributed by atoms with Gasteiger partial charge in [-0.25, -0.2) is 9.97 Å². The zero-order valence-corrected chi connectivity index (χ0v) is 13.1. The lowest BCUT2D eigenvalue weighted by Crippen LogP contribution is -2.08. The van der Waals surface area contributed by atoms with Gasteiger partial charge in [-0.15, -0.1) is 22.7 Å². The Morgan fingerprint density at radius 2 is 2.19 bits per heavy atom. The number of aryl methyl sites for hydroxylation is 1. The highest BCUT2D eigenvalue weighted by atomic mass is 32.1. The molecule has 0 aromatic carbocycles. The van der Waals surface area contributed by atoms with E-state index in [4.69, 9.17) is 0 Å². The van der Waals surface area contributed by atoms with Gasteiger partial charge in [0.2, 0.25) is 0 Å². The molecule has 21 heavy (non-hydrogen) atoms. The molecule has 0 amide bonds. The summed E-state index contributed by atoms with van der Waals surface area (Å²) < 4.78 is 0. The largest absolute Gasteiger partial charge is 0.306 e. The maximum absolute atomic E-state index is 12.1. The summed E-state index contributed by atoms with van der Waals surface area (Å²) in [5, 5.41) is 2.67. The maximum atomic E-state index is 12.1. The number of H-pyrrole nitrogens is 1. The van der Waals surface area contributed by atoms with E-state index in [-0.39, 0.29) is 5.56 Å². The van der Waals surface area contributed by atoms with Crippen molar-refractivity contribution in [1.82, 2.24) is 15.0 Å². The first-order valence-corrected chi connectivity index (χ1v) is 8.58. The topological polar surface area (TPSA) is 58.6 Å². The van der Waals surface area contributed by atoms with E-state index in [2.05, 4.69) is 15.0 Å². The number of nitrogens with zero attached hydrogens (tertiary/aromatic N) is 2. The van der Waals surface area contributed by atoms with Crippen LogP contribution in [0.5, 0.6) is 0 Å². The van der Waals surface area contributed by atoms with Crippen LogP contribution in [0, 0.1) is 6.92 Å². The number of thiophene rings is 1. The molecule has 0 radical (unpaired) electrons. The molecule has 0 saturated heterocycles. The Morgan fingerprint density at radius 3 is 3.00 bits per heavy atom. The van der Waals surface area contributed by atoms with Gasteiger partial charge in [0.25, 0.3) is 5.56 Å². The van der Waals surface area contributed by atoms with E-state index < -0.39 is 0 Å². The molecule has 0 spiro atoms. The van der Waals surface area contributed by atoms with E-state index in [0.29, 0.717) is 17.1 Å². The predicted molar refractivity (Wildman–Crippen MR) is 88.0 cm³/mol. The van der Waals surface area contributed by atoms with Gasteiger partial charge in [-0.3, -0.25) is 4.79 Å². The van der Waals surface area contributed by atoms with Crippen LogP contribution in [0.15, 0.2) is 15.7 Å². The Kier molecular flexibility index (Phi) is 3.01. The summed E-state index contributed by atoms with van der Waals surface area (Å²) in [6.07, 6.45) is 6.35. The number of aromatic amines is 1. The summed E-state index contributed by atoms with van der Waals surface area (Å²) in [5.41, 5.74) is 3.99. The van der Waals surface area contributed by atoms with Crippen LogP contribution < -0.4 is 5.56 Å². The van der Waals surface area contributed by atoms with Crippen LogP contribution in [0.25, 0.3) is 22.4 Å². The number of rotatable bonds is 3. The fourth-order valence-corrected chi connectivity index (χ4v) is 4.09. The van der Waals surface area contributed by atoms with Crippen molar-refractivity contribution in [2.45, 2.75) is 25.7 Å². The predicted octanol–water partition coefficient (Wildman–Crippen LogP) is 3.80. The molecule has 4 rings (SSSR count). The van der Waals surface area contributed by atoms with Crippen LogP contribution in [0.4, 0.5) is 0 Å². The third-order valence-electron chi connectivity index (χ3n) is 3.63. The summed E-state index contributed by atoms with van der Waals surface area (Å²) in [4.78, 5) is 25.8. The van der Waals surface area contributed by atoms with E-state index in [1.54, 1.807) is 11.3 Å². The van der Waals surface area contributed by atoms with E-state index in [9.17, 15) is 4.79 Å². The average Bonchev–Trinajstić information content (AvgIpc) is 3.08. The van der Waals surface area contributed by atoms with Crippen molar-refractivity contribution in [2.75, 3.05) is 0 Å². The zero-order valence-electron chi connectivity index (χ0n) is 11.4. The van der Waals surface area contributed by atoms with Crippen LogP contribution >= 0.6 is 22.7 Å². The van der Waals surface area contributed by atoms with Crippen molar-refractivity contribution in [1.29, 1.82) is 0 Å². The Bertz CT molecular complexity index is 899. The monoisotopic (exact) mass is 315 g/mol. The molecule has 1 N–H and O–H groups in total. The molecule has 1 aliphatic carbocycles. The molecule has 1 fully saturated rings. The summed E-state index contributed by atoms with van der Waals surface area (Å²) in [5.74, 6) is 1.23. The molecule has 3 aromatic rings. The van der Waals surface area contributed by atoms with Crippen molar-refractivity contribution in [3.8, 4) is 0 Å². The molecule has 0 unspecified atom stereocenters. The minimum absolute atomic E-state index is 0.0647. The number of nitrogens with one attached hydrogen (secondary N) is 1. The average molecular weight is 315 g/mol. The van der Waals surface area contributed by atoms with Gasteiger partial charge >= 0.3 is 0 Å². The van der Waals surface area contributed by atoms with E-state index in [1.165, 1.54) is 34.7 Å². The Hall–Kier alpha value is -1.79. The first-order chi connectivity index (χ1) is 10.2. The highest BCUT2D eigenvalue weighted by Gasteiger charge is 2.27. The molecule has 0 bridgehead atoms.